The topological polar surface area (TPSA) is 69.3 Å². The van der Waals surface area contributed by atoms with E-state index in [1.807, 2.05) is 43.3 Å². The molecule has 7 heteroatoms. The van der Waals surface area contributed by atoms with Crippen LogP contribution in [0.1, 0.15) is 37.4 Å². The lowest BCUT2D eigenvalue weighted by molar-refractivity contribution is 0.240. The highest BCUT2D eigenvalue weighted by atomic mass is 32.2. The molecular formula is C17H24N4O2S. The summed E-state index contributed by atoms with van der Waals surface area (Å²) in [6, 6.07) is 11.6. The summed E-state index contributed by atoms with van der Waals surface area (Å²) < 4.78 is 29.7. The van der Waals surface area contributed by atoms with Crippen molar-refractivity contribution in [3.63, 3.8) is 0 Å². The number of aromatic amines is 1. The third-order valence-electron chi connectivity index (χ3n) is 4.47. The van der Waals surface area contributed by atoms with Crippen LogP contribution in [0.2, 0.25) is 0 Å². The smallest absolute Gasteiger partial charge is 0.281 e. The summed E-state index contributed by atoms with van der Waals surface area (Å²) in [5.74, 6) is 0. The normalized spacial score (nSPS) is 19.7. The van der Waals surface area contributed by atoms with Crippen molar-refractivity contribution in [3.05, 3.63) is 53.9 Å². The molecule has 0 bridgehead atoms. The number of piperidine rings is 1. The highest BCUT2D eigenvalue weighted by Crippen LogP contribution is 2.24. The first kappa shape index (κ1) is 17.1. The third kappa shape index (κ3) is 3.85. The highest BCUT2D eigenvalue weighted by Gasteiger charge is 2.34. The van der Waals surface area contributed by atoms with Crippen LogP contribution in [0.15, 0.2) is 42.6 Å². The molecule has 0 aliphatic carbocycles. The molecule has 1 aliphatic heterocycles. The van der Waals surface area contributed by atoms with E-state index in [4.69, 9.17) is 0 Å². The largest absolute Gasteiger partial charge is 0.282 e. The Morgan fingerprint density at radius 1 is 1.21 bits per heavy atom. The first-order valence-corrected chi connectivity index (χ1v) is 9.76. The minimum absolute atomic E-state index is 0.0452. The minimum Gasteiger partial charge on any atom is -0.281 e. The molecule has 3 rings (SSSR count). The van der Waals surface area contributed by atoms with Gasteiger partial charge in [0.05, 0.1) is 12.2 Å². The maximum Gasteiger partial charge on any atom is 0.282 e. The summed E-state index contributed by atoms with van der Waals surface area (Å²) >= 11 is 0. The number of H-pyrrole nitrogens is 1. The molecular weight excluding hydrogens is 324 g/mol. The number of nitrogens with zero attached hydrogens (tertiary/aromatic N) is 3. The third-order valence-corrected chi connectivity index (χ3v) is 6.52. The van der Waals surface area contributed by atoms with Crippen LogP contribution in [0, 0.1) is 0 Å². The van der Waals surface area contributed by atoms with Crippen LogP contribution in [-0.2, 0) is 23.3 Å². The monoisotopic (exact) mass is 348 g/mol. The van der Waals surface area contributed by atoms with Gasteiger partial charge >= 0.3 is 0 Å². The van der Waals surface area contributed by atoms with Crippen LogP contribution in [0.3, 0.4) is 0 Å². The van der Waals surface area contributed by atoms with Crippen LogP contribution in [0.4, 0.5) is 0 Å². The zero-order valence-corrected chi connectivity index (χ0v) is 14.7. The van der Waals surface area contributed by atoms with E-state index in [-0.39, 0.29) is 6.04 Å². The number of rotatable bonds is 6. The second kappa shape index (κ2) is 7.46. The van der Waals surface area contributed by atoms with Gasteiger partial charge in [-0.2, -0.15) is 22.1 Å². The zero-order chi connectivity index (χ0) is 17.0. The fourth-order valence-corrected chi connectivity index (χ4v) is 4.96. The summed E-state index contributed by atoms with van der Waals surface area (Å²) in [5, 5.41) is 6.80. The van der Waals surface area contributed by atoms with Crippen molar-refractivity contribution < 1.29 is 8.42 Å². The SMILES string of the molecule is C[C@@H]1CCCCN1S(=O)(=O)N(Cc1ccccc1)Cc1ccn[nH]1. The van der Waals surface area contributed by atoms with Gasteiger partial charge in [0.1, 0.15) is 0 Å². The Kier molecular flexibility index (Phi) is 5.33. The summed E-state index contributed by atoms with van der Waals surface area (Å²) in [5.41, 5.74) is 1.77. The van der Waals surface area contributed by atoms with Gasteiger partial charge in [-0.1, -0.05) is 36.8 Å². The maximum atomic E-state index is 13.2. The first-order chi connectivity index (χ1) is 11.6. The van der Waals surface area contributed by atoms with Crippen molar-refractivity contribution in [3.8, 4) is 0 Å². The molecule has 0 spiro atoms. The Morgan fingerprint density at radius 2 is 2.00 bits per heavy atom. The van der Waals surface area contributed by atoms with Gasteiger partial charge in [-0.25, -0.2) is 0 Å². The van der Waals surface area contributed by atoms with E-state index < -0.39 is 10.2 Å². The van der Waals surface area contributed by atoms with E-state index in [0.29, 0.717) is 19.6 Å². The summed E-state index contributed by atoms with van der Waals surface area (Å²) in [7, 11) is -3.53. The highest BCUT2D eigenvalue weighted by molar-refractivity contribution is 7.86. The number of nitrogens with one attached hydrogen (secondary N) is 1. The quantitative estimate of drug-likeness (QED) is 0.872. The van der Waals surface area contributed by atoms with Crippen molar-refractivity contribution in [2.24, 2.45) is 0 Å². The lowest BCUT2D eigenvalue weighted by Crippen LogP contribution is -2.49. The van der Waals surface area contributed by atoms with Crippen molar-refractivity contribution in [1.29, 1.82) is 0 Å². The van der Waals surface area contributed by atoms with E-state index in [2.05, 4.69) is 10.2 Å². The van der Waals surface area contributed by atoms with Gasteiger partial charge in [-0.15, -0.1) is 0 Å². The molecule has 1 N–H and O–H groups in total. The van der Waals surface area contributed by atoms with Crippen LogP contribution in [-0.4, -0.2) is 39.8 Å². The summed E-state index contributed by atoms with van der Waals surface area (Å²) in [4.78, 5) is 0. The summed E-state index contributed by atoms with van der Waals surface area (Å²) in [6.07, 6.45) is 4.58. The predicted octanol–water partition coefficient (Wildman–Crippen LogP) is 2.53. The van der Waals surface area contributed by atoms with Gasteiger partial charge in [-0.3, -0.25) is 5.10 Å². The van der Waals surface area contributed by atoms with E-state index in [0.717, 1.165) is 30.5 Å². The van der Waals surface area contributed by atoms with E-state index in [1.165, 1.54) is 4.31 Å². The van der Waals surface area contributed by atoms with E-state index in [9.17, 15) is 8.42 Å². The van der Waals surface area contributed by atoms with Crippen molar-refractivity contribution in [2.75, 3.05) is 6.54 Å². The Labute approximate surface area is 143 Å². The molecule has 0 unspecified atom stereocenters. The molecule has 2 aromatic rings. The fourth-order valence-electron chi connectivity index (χ4n) is 3.13. The average molecular weight is 348 g/mol. The molecule has 1 aromatic heterocycles. The Morgan fingerprint density at radius 3 is 2.67 bits per heavy atom. The van der Waals surface area contributed by atoms with Gasteiger partial charge in [0.2, 0.25) is 0 Å². The minimum atomic E-state index is -3.53. The van der Waals surface area contributed by atoms with E-state index in [1.54, 1.807) is 10.5 Å². The number of aromatic nitrogens is 2. The Bertz CT molecular complexity index is 731. The van der Waals surface area contributed by atoms with Crippen LogP contribution >= 0.6 is 0 Å². The second-order valence-corrected chi connectivity index (χ2v) is 8.18. The predicted molar refractivity (Wildman–Crippen MR) is 93.2 cm³/mol. The lowest BCUT2D eigenvalue weighted by atomic mass is 10.1. The van der Waals surface area contributed by atoms with Gasteiger partial charge < -0.3 is 0 Å². The molecule has 24 heavy (non-hydrogen) atoms. The molecule has 1 atom stereocenters. The second-order valence-electron chi connectivity index (χ2n) is 6.30. The first-order valence-electron chi connectivity index (χ1n) is 8.36. The van der Waals surface area contributed by atoms with Gasteiger partial charge in [0.15, 0.2) is 0 Å². The van der Waals surface area contributed by atoms with Crippen LogP contribution in [0.25, 0.3) is 0 Å². The number of hydrogen-bond donors (Lipinski definition) is 1. The molecule has 6 nitrogen and oxygen atoms in total. The molecule has 0 amide bonds. The Hall–Kier alpha value is -1.70. The molecule has 1 aliphatic rings. The van der Waals surface area contributed by atoms with Crippen LogP contribution in [0.5, 0.6) is 0 Å². The van der Waals surface area contributed by atoms with Gasteiger partial charge in [0.25, 0.3) is 10.2 Å². The number of hydrogen-bond acceptors (Lipinski definition) is 3. The summed E-state index contributed by atoms with van der Waals surface area (Å²) in [6.45, 7) is 3.23. The molecule has 1 aromatic carbocycles. The number of benzene rings is 1. The van der Waals surface area contributed by atoms with Gasteiger partial charge in [0, 0.05) is 25.3 Å². The molecule has 2 heterocycles. The molecule has 130 valence electrons. The van der Waals surface area contributed by atoms with E-state index >= 15 is 0 Å². The maximum absolute atomic E-state index is 13.2. The Balaban J connectivity index is 1.87. The molecule has 0 radical (unpaired) electrons. The standard InChI is InChI=1S/C17H24N4O2S/c1-15-7-5-6-12-21(15)24(22,23)20(14-17-10-11-18-19-17)13-16-8-3-2-4-9-16/h2-4,8-11,15H,5-7,12-14H2,1H3,(H,18,19)/t15-/m1/s1. The zero-order valence-electron chi connectivity index (χ0n) is 13.9. The fraction of sp³-hybridized carbons (Fsp3) is 0.471. The molecule has 1 saturated heterocycles. The molecule has 1 fully saturated rings. The van der Waals surface area contributed by atoms with Crippen molar-refractivity contribution in [1.82, 2.24) is 18.8 Å². The van der Waals surface area contributed by atoms with Gasteiger partial charge in [-0.05, 0) is 31.4 Å². The van der Waals surface area contributed by atoms with Crippen molar-refractivity contribution in [2.45, 2.75) is 45.3 Å². The molecule has 0 saturated carbocycles. The lowest BCUT2D eigenvalue weighted by Gasteiger charge is -2.36. The average Bonchev–Trinajstić information content (AvgIpc) is 3.08. The van der Waals surface area contributed by atoms with Crippen LogP contribution < -0.4 is 0 Å². The van der Waals surface area contributed by atoms with Crippen molar-refractivity contribution >= 4 is 10.2 Å².